The van der Waals surface area contributed by atoms with E-state index in [1.165, 1.54) is 36.1 Å². The first kappa shape index (κ1) is 72.4. The Labute approximate surface area is 504 Å². The zero-order valence-corrected chi connectivity index (χ0v) is 50.2. The molecule has 0 radical (unpaired) electrons. The van der Waals surface area contributed by atoms with E-state index in [4.69, 9.17) is 17.2 Å². The zero-order chi connectivity index (χ0) is 65.2. The summed E-state index contributed by atoms with van der Waals surface area (Å²) < 4.78 is 0. The van der Waals surface area contributed by atoms with Gasteiger partial charge in [0.1, 0.15) is 60.1 Å². The molecule has 0 aliphatic carbocycles. The SMILES string of the molecule is CC[C@H](C)[C@H](NC(=O)[C@H](CC(=O)O)NC(=O)[C@H](CC(C)C)NC(=O)[C@H](Cc1ccc(O)cc1)NC(=O)[C@@H](N)CC(=O)O)C(=O)N1CCC[C@H]1C(=O)N[C@@H](C)C(=O)N[C@@H](Cc1ccccc1)C(=O)N[C@@H](CC(C)C)C(=O)N[C@@H](CCCN=C(N)N)C(=O)O. The van der Waals surface area contributed by atoms with Gasteiger partial charge in [-0.15, -0.1) is 0 Å². The fraction of sp³-hybridized carbons (Fsp3) is 0.569. The van der Waals surface area contributed by atoms with Crippen molar-refractivity contribution in [3.05, 3.63) is 65.7 Å². The van der Waals surface area contributed by atoms with E-state index in [1.807, 2.05) is 0 Å². The van der Waals surface area contributed by atoms with Crippen LogP contribution < -0.4 is 59.7 Å². The van der Waals surface area contributed by atoms with E-state index in [0.29, 0.717) is 17.5 Å². The summed E-state index contributed by atoms with van der Waals surface area (Å²) in [5.41, 5.74) is 17.6. The number of amides is 9. The van der Waals surface area contributed by atoms with E-state index in [1.54, 1.807) is 71.9 Å². The van der Waals surface area contributed by atoms with Gasteiger partial charge < -0.3 is 85.1 Å². The maximum atomic E-state index is 14.6. The largest absolute Gasteiger partial charge is 0.508 e. The number of aromatic hydroxyl groups is 1. The molecule has 18 N–H and O–H groups in total. The lowest BCUT2D eigenvalue weighted by molar-refractivity contribution is -0.144. The monoisotopic (exact) mass is 1220 g/mol. The number of nitrogens with zero attached hydrogens (tertiary/aromatic N) is 2. The molecule has 0 aromatic heterocycles. The number of aliphatic carboxylic acids is 3. The van der Waals surface area contributed by atoms with Crippen molar-refractivity contribution in [2.75, 3.05) is 13.1 Å². The van der Waals surface area contributed by atoms with Crippen LogP contribution in [0.4, 0.5) is 0 Å². The molecule has 0 bridgehead atoms. The van der Waals surface area contributed by atoms with Crippen molar-refractivity contribution < 1.29 is 78.0 Å². The molecule has 87 heavy (non-hydrogen) atoms. The molecule has 29 heteroatoms. The number of phenolic OH excluding ortho intramolecular Hbond substituents is 1. The van der Waals surface area contributed by atoms with Crippen LogP contribution in [0.3, 0.4) is 0 Å². The van der Waals surface area contributed by atoms with Crippen molar-refractivity contribution in [3.8, 4) is 5.75 Å². The number of aliphatic imine (C=N–C) groups is 1. The quantitative estimate of drug-likeness (QED) is 0.0212. The molecule has 480 valence electrons. The Hall–Kier alpha value is -8.89. The molecule has 1 aliphatic rings. The number of hydrogen-bond acceptors (Lipinski definition) is 15. The second-order valence-electron chi connectivity index (χ2n) is 22.6. The first-order chi connectivity index (χ1) is 40.9. The Balaban J connectivity index is 1.83. The second kappa shape index (κ2) is 35.5. The van der Waals surface area contributed by atoms with Gasteiger partial charge in [-0.2, -0.15) is 0 Å². The van der Waals surface area contributed by atoms with Crippen LogP contribution in [0.5, 0.6) is 5.75 Å². The van der Waals surface area contributed by atoms with Crippen molar-refractivity contribution in [2.45, 2.75) is 180 Å². The van der Waals surface area contributed by atoms with Crippen LogP contribution in [0.25, 0.3) is 0 Å². The summed E-state index contributed by atoms with van der Waals surface area (Å²) >= 11 is 0. The van der Waals surface area contributed by atoms with Crippen molar-refractivity contribution in [1.29, 1.82) is 0 Å². The van der Waals surface area contributed by atoms with E-state index < -0.39 is 150 Å². The molecule has 1 saturated heterocycles. The van der Waals surface area contributed by atoms with Gasteiger partial charge in [-0.25, -0.2) is 4.79 Å². The normalized spacial score (nSPS) is 16.3. The number of carbonyl (C=O) groups excluding carboxylic acids is 9. The summed E-state index contributed by atoms with van der Waals surface area (Å²) in [4.78, 5) is 167. The molecular formula is C58H87N13O16. The molecule has 11 atom stereocenters. The maximum absolute atomic E-state index is 14.6. The van der Waals surface area contributed by atoms with E-state index in [0.717, 1.165) is 0 Å². The van der Waals surface area contributed by atoms with Gasteiger partial charge in [0.15, 0.2) is 5.96 Å². The fourth-order valence-electron chi connectivity index (χ4n) is 9.43. The number of rotatable bonds is 36. The molecule has 29 nitrogen and oxygen atoms in total. The minimum Gasteiger partial charge on any atom is -0.508 e. The van der Waals surface area contributed by atoms with Crippen LogP contribution in [0.2, 0.25) is 0 Å². The number of benzene rings is 2. The molecule has 0 unspecified atom stereocenters. The average molecular weight is 1220 g/mol. The Bertz CT molecular complexity index is 2740. The molecule has 2 aromatic rings. The first-order valence-corrected chi connectivity index (χ1v) is 28.9. The molecule has 0 spiro atoms. The summed E-state index contributed by atoms with van der Waals surface area (Å²) in [6, 6.07) is 0.0371. The predicted octanol–water partition coefficient (Wildman–Crippen LogP) is -1.38. The van der Waals surface area contributed by atoms with Crippen molar-refractivity contribution in [1.82, 2.24) is 47.4 Å². The number of guanidine groups is 1. The number of hydrogen-bond donors (Lipinski definition) is 15. The molecule has 1 heterocycles. The summed E-state index contributed by atoms with van der Waals surface area (Å²) in [7, 11) is 0. The van der Waals surface area contributed by atoms with Gasteiger partial charge >= 0.3 is 17.9 Å². The lowest BCUT2D eigenvalue weighted by Crippen LogP contribution is -2.61. The van der Waals surface area contributed by atoms with Crippen LogP contribution >= 0.6 is 0 Å². The van der Waals surface area contributed by atoms with Crippen molar-refractivity contribution in [2.24, 2.45) is 39.9 Å². The second-order valence-corrected chi connectivity index (χ2v) is 22.6. The van der Waals surface area contributed by atoms with Crippen LogP contribution in [0.15, 0.2) is 59.6 Å². The van der Waals surface area contributed by atoms with E-state index >= 15 is 0 Å². The highest BCUT2D eigenvalue weighted by molar-refractivity contribution is 5.99. The third kappa shape index (κ3) is 24.9. The molecule has 0 saturated carbocycles. The lowest BCUT2D eigenvalue weighted by Gasteiger charge is -2.33. The van der Waals surface area contributed by atoms with Gasteiger partial charge in [0.05, 0.1) is 18.9 Å². The molecule has 1 aliphatic heterocycles. The number of nitrogens with two attached hydrogens (primary N) is 3. The van der Waals surface area contributed by atoms with Crippen LogP contribution in [-0.2, 0) is 70.4 Å². The summed E-state index contributed by atoms with van der Waals surface area (Å²) in [5.74, 6) is -13.6. The van der Waals surface area contributed by atoms with Gasteiger partial charge in [0.2, 0.25) is 53.2 Å². The summed E-state index contributed by atoms with van der Waals surface area (Å²) in [6.45, 7) is 11.8. The standard InChI is InChI=1S/C58H87N13O16/c1-8-32(6)47(70-54(83)43(29-46(75)76)69-51(80)40(25-31(4)5)68-53(82)42(27-35-18-20-36(72)21-19-35)66-49(78)37(59)28-45(73)74)56(85)71-23-13-17-44(71)55(84)63-33(7)48(77)65-41(26-34-14-10-9-11-15-34)52(81)67-39(24-30(2)3)50(79)64-38(57(86)87)16-12-22-62-58(60)61/h9-11,14-15,18-21,30-33,37-44,47,72H,8,12-13,16-17,22-29,59H2,1-7H3,(H,63,84)(H,64,79)(H,65,77)(H,66,78)(H,67,81)(H,68,82)(H,69,80)(H,70,83)(H,73,74)(H,75,76)(H,86,87)(H4,60,61,62)/t32-,33-,37-,38-,39-,40-,41-,42-,43-,44-,47-/m0/s1. The minimum absolute atomic E-state index is 0.0292. The van der Waals surface area contributed by atoms with Gasteiger partial charge in [-0.05, 0) is 86.5 Å². The van der Waals surface area contributed by atoms with Crippen LogP contribution in [0, 0.1) is 17.8 Å². The lowest BCUT2D eigenvalue weighted by atomic mass is 9.96. The summed E-state index contributed by atoms with van der Waals surface area (Å²) in [5, 5.41) is 59.2. The maximum Gasteiger partial charge on any atom is 0.326 e. The Kier molecular flexibility index (Phi) is 29.6. The number of likely N-dealkylation sites (tertiary alicyclic amines) is 1. The topological polar surface area (TPSA) is 476 Å². The predicted molar refractivity (Wildman–Crippen MR) is 316 cm³/mol. The number of nitrogens with one attached hydrogen (secondary N) is 8. The zero-order valence-electron chi connectivity index (χ0n) is 50.2. The highest BCUT2D eigenvalue weighted by Gasteiger charge is 2.42. The molecule has 9 amide bonds. The first-order valence-electron chi connectivity index (χ1n) is 28.9. The van der Waals surface area contributed by atoms with Gasteiger partial charge in [-0.3, -0.25) is 57.7 Å². The van der Waals surface area contributed by atoms with Gasteiger partial charge in [-0.1, -0.05) is 90.4 Å². The number of carboxylic acid groups (broad SMARTS) is 3. The van der Waals surface area contributed by atoms with Gasteiger partial charge in [0, 0.05) is 25.9 Å². The van der Waals surface area contributed by atoms with Crippen molar-refractivity contribution in [3.63, 3.8) is 0 Å². The molecule has 2 aromatic carbocycles. The molecule has 1 fully saturated rings. The number of carboxylic acids is 3. The van der Waals surface area contributed by atoms with E-state index in [9.17, 15) is 78.0 Å². The Morgan fingerprint density at radius 2 is 1.06 bits per heavy atom. The van der Waals surface area contributed by atoms with Gasteiger partial charge in [0.25, 0.3) is 0 Å². The molecular weight excluding hydrogens is 1130 g/mol. The van der Waals surface area contributed by atoms with Crippen molar-refractivity contribution >= 4 is 77.0 Å². The molecule has 3 rings (SSSR count). The number of phenols is 1. The fourth-order valence-corrected chi connectivity index (χ4v) is 9.43. The highest BCUT2D eigenvalue weighted by atomic mass is 16.4. The average Bonchev–Trinajstić information content (AvgIpc) is 2.72. The Morgan fingerprint density at radius 3 is 1.55 bits per heavy atom. The van der Waals surface area contributed by atoms with Crippen LogP contribution in [-0.4, -0.2) is 176 Å². The minimum atomic E-state index is -1.84. The van der Waals surface area contributed by atoms with E-state index in [2.05, 4.69) is 47.5 Å². The third-order valence-electron chi connectivity index (χ3n) is 14.3. The van der Waals surface area contributed by atoms with E-state index in [-0.39, 0.29) is 88.0 Å². The smallest absolute Gasteiger partial charge is 0.326 e. The Morgan fingerprint density at radius 1 is 0.586 bits per heavy atom. The third-order valence-corrected chi connectivity index (χ3v) is 14.3. The number of carbonyl (C=O) groups is 12. The van der Waals surface area contributed by atoms with Crippen LogP contribution in [0.1, 0.15) is 117 Å². The highest BCUT2D eigenvalue weighted by Crippen LogP contribution is 2.23. The summed E-state index contributed by atoms with van der Waals surface area (Å²) in [6.07, 6.45) is -1.14.